The lowest BCUT2D eigenvalue weighted by Crippen LogP contribution is -2.52. The summed E-state index contributed by atoms with van der Waals surface area (Å²) in [6, 6.07) is 17.0. The van der Waals surface area contributed by atoms with Crippen molar-refractivity contribution >= 4 is 22.0 Å². The van der Waals surface area contributed by atoms with Gasteiger partial charge in [-0.05, 0) is 44.2 Å². The summed E-state index contributed by atoms with van der Waals surface area (Å²) in [6.45, 7) is 4.21. The maximum absolute atomic E-state index is 13.1. The van der Waals surface area contributed by atoms with Gasteiger partial charge >= 0.3 is 6.09 Å². The van der Waals surface area contributed by atoms with Gasteiger partial charge in [0.1, 0.15) is 12.6 Å². The number of rotatable bonds is 10. The van der Waals surface area contributed by atoms with Crippen LogP contribution in [-0.2, 0) is 32.6 Å². The minimum absolute atomic E-state index is 0.125. The van der Waals surface area contributed by atoms with Gasteiger partial charge in [-0.25, -0.2) is 17.9 Å². The van der Waals surface area contributed by atoms with Crippen molar-refractivity contribution in [1.29, 1.82) is 0 Å². The van der Waals surface area contributed by atoms with E-state index in [2.05, 4.69) is 10.0 Å². The second-order valence-electron chi connectivity index (χ2n) is 8.83. The first kappa shape index (κ1) is 25.7. The normalized spacial score (nSPS) is 16.9. The number of carbonyl (C=O) groups is 2. The minimum Gasteiger partial charge on any atom is -0.445 e. The van der Waals surface area contributed by atoms with E-state index >= 15 is 0 Å². The van der Waals surface area contributed by atoms with E-state index in [1.807, 2.05) is 74.5 Å². The standard InChI is InChI=1S/C25H33N3O5S/c1-19(2)26-24(29)23(16-20-10-5-3-6-11-20)27-34(31,32)18-22-14-9-15-28(22)25(30)33-17-21-12-7-4-8-13-21/h3-8,10-13,19,22-23,27H,9,14-18H2,1-2H3,(H,26,29)/t22-,23-/m0/s1. The molecule has 2 N–H and O–H groups in total. The van der Waals surface area contributed by atoms with Gasteiger partial charge in [0, 0.05) is 12.6 Å². The Morgan fingerprint density at radius 1 is 1.03 bits per heavy atom. The van der Waals surface area contributed by atoms with Crippen LogP contribution < -0.4 is 10.0 Å². The maximum atomic E-state index is 13.1. The molecule has 184 valence electrons. The molecular weight excluding hydrogens is 454 g/mol. The summed E-state index contributed by atoms with van der Waals surface area (Å²) in [5, 5.41) is 2.79. The quantitative estimate of drug-likeness (QED) is 0.536. The molecule has 34 heavy (non-hydrogen) atoms. The summed E-state index contributed by atoms with van der Waals surface area (Å²) >= 11 is 0. The van der Waals surface area contributed by atoms with Crippen molar-refractivity contribution in [2.75, 3.05) is 12.3 Å². The number of nitrogens with one attached hydrogen (secondary N) is 2. The molecule has 9 heteroatoms. The van der Waals surface area contributed by atoms with Crippen LogP contribution in [0, 0.1) is 0 Å². The zero-order valence-corrected chi connectivity index (χ0v) is 20.5. The average molecular weight is 488 g/mol. The zero-order valence-electron chi connectivity index (χ0n) is 19.6. The molecule has 0 unspecified atom stereocenters. The fraction of sp³-hybridized carbons (Fsp3) is 0.440. The van der Waals surface area contributed by atoms with Crippen LogP contribution in [0.25, 0.3) is 0 Å². The van der Waals surface area contributed by atoms with Gasteiger partial charge in [-0.2, -0.15) is 0 Å². The maximum Gasteiger partial charge on any atom is 0.410 e. The lowest BCUT2D eigenvalue weighted by Gasteiger charge is -2.25. The van der Waals surface area contributed by atoms with Crippen LogP contribution in [0.15, 0.2) is 60.7 Å². The topological polar surface area (TPSA) is 105 Å². The van der Waals surface area contributed by atoms with Gasteiger partial charge in [-0.15, -0.1) is 0 Å². The third-order valence-electron chi connectivity index (χ3n) is 5.58. The Balaban J connectivity index is 1.64. The first-order valence-electron chi connectivity index (χ1n) is 11.5. The van der Waals surface area contributed by atoms with Gasteiger partial charge in [0.2, 0.25) is 15.9 Å². The van der Waals surface area contributed by atoms with Crippen LogP contribution in [0.3, 0.4) is 0 Å². The number of likely N-dealkylation sites (tertiary alicyclic amines) is 1. The predicted octanol–water partition coefficient (Wildman–Crippen LogP) is 2.84. The Labute approximate surface area is 201 Å². The van der Waals surface area contributed by atoms with E-state index in [0.29, 0.717) is 19.4 Å². The van der Waals surface area contributed by atoms with Crippen LogP contribution in [-0.4, -0.2) is 55.7 Å². The van der Waals surface area contributed by atoms with Crippen LogP contribution in [0.2, 0.25) is 0 Å². The predicted molar refractivity (Wildman–Crippen MR) is 130 cm³/mol. The molecule has 2 atom stereocenters. The van der Waals surface area contributed by atoms with Crippen molar-refractivity contribution < 1.29 is 22.7 Å². The summed E-state index contributed by atoms with van der Waals surface area (Å²) in [5.41, 5.74) is 1.71. The second kappa shape index (κ2) is 12.0. The number of hydrogen-bond donors (Lipinski definition) is 2. The molecule has 0 radical (unpaired) electrons. The Bertz CT molecular complexity index is 1040. The van der Waals surface area contributed by atoms with Crippen LogP contribution in [0.4, 0.5) is 4.79 Å². The molecule has 2 aromatic rings. The molecule has 1 fully saturated rings. The smallest absolute Gasteiger partial charge is 0.410 e. The summed E-state index contributed by atoms with van der Waals surface area (Å²) in [7, 11) is -3.86. The van der Waals surface area contributed by atoms with Crippen molar-refractivity contribution in [3.05, 3.63) is 71.8 Å². The number of benzene rings is 2. The number of amides is 2. The molecule has 8 nitrogen and oxygen atoms in total. The van der Waals surface area contributed by atoms with E-state index in [9.17, 15) is 18.0 Å². The molecular formula is C25H33N3O5S. The molecule has 1 aliphatic heterocycles. The van der Waals surface area contributed by atoms with Crippen molar-refractivity contribution in [2.45, 2.75) is 57.8 Å². The van der Waals surface area contributed by atoms with Crippen LogP contribution in [0.1, 0.15) is 37.8 Å². The van der Waals surface area contributed by atoms with E-state index in [-0.39, 0.29) is 30.7 Å². The van der Waals surface area contributed by atoms with E-state index < -0.39 is 28.2 Å². The number of carbonyl (C=O) groups excluding carboxylic acids is 2. The van der Waals surface area contributed by atoms with E-state index in [4.69, 9.17) is 4.74 Å². The zero-order chi connectivity index (χ0) is 24.6. The Morgan fingerprint density at radius 2 is 1.65 bits per heavy atom. The average Bonchev–Trinajstić information content (AvgIpc) is 3.25. The summed E-state index contributed by atoms with van der Waals surface area (Å²) in [5.74, 6) is -0.666. The molecule has 0 saturated carbocycles. The van der Waals surface area contributed by atoms with Crippen LogP contribution >= 0.6 is 0 Å². The van der Waals surface area contributed by atoms with Gasteiger partial charge in [0.05, 0.1) is 11.8 Å². The van der Waals surface area contributed by atoms with E-state index in [0.717, 1.165) is 11.1 Å². The van der Waals surface area contributed by atoms with Gasteiger partial charge in [-0.3, -0.25) is 4.79 Å². The fourth-order valence-corrected chi connectivity index (χ4v) is 5.57. The van der Waals surface area contributed by atoms with E-state index in [1.54, 1.807) is 0 Å². The molecule has 3 rings (SSSR count). The number of sulfonamides is 1. The van der Waals surface area contributed by atoms with Gasteiger partial charge in [0.25, 0.3) is 0 Å². The highest BCUT2D eigenvalue weighted by Crippen LogP contribution is 2.20. The largest absolute Gasteiger partial charge is 0.445 e. The SMILES string of the molecule is CC(C)NC(=O)[C@H](Cc1ccccc1)NS(=O)(=O)C[C@@H]1CCCN1C(=O)OCc1ccccc1. The van der Waals surface area contributed by atoms with Crippen molar-refractivity contribution in [3.8, 4) is 0 Å². The molecule has 0 aliphatic carbocycles. The molecule has 2 aromatic carbocycles. The Hall–Kier alpha value is -2.91. The fourth-order valence-electron chi connectivity index (χ4n) is 3.99. The molecule has 0 spiro atoms. The third-order valence-corrected chi connectivity index (χ3v) is 7.05. The second-order valence-corrected chi connectivity index (χ2v) is 10.6. The van der Waals surface area contributed by atoms with Gasteiger partial charge < -0.3 is 15.0 Å². The summed E-state index contributed by atoms with van der Waals surface area (Å²) < 4.78 is 34.1. The highest BCUT2D eigenvalue weighted by atomic mass is 32.2. The lowest BCUT2D eigenvalue weighted by atomic mass is 10.1. The molecule has 1 aliphatic rings. The van der Waals surface area contributed by atoms with Crippen LogP contribution in [0.5, 0.6) is 0 Å². The highest BCUT2D eigenvalue weighted by Gasteiger charge is 2.35. The summed E-state index contributed by atoms with van der Waals surface area (Å²) in [4.78, 5) is 26.8. The molecule has 0 bridgehead atoms. The Morgan fingerprint density at radius 3 is 2.26 bits per heavy atom. The number of nitrogens with zero attached hydrogens (tertiary/aromatic N) is 1. The highest BCUT2D eigenvalue weighted by molar-refractivity contribution is 7.89. The first-order valence-corrected chi connectivity index (χ1v) is 13.2. The molecule has 1 saturated heterocycles. The number of hydrogen-bond acceptors (Lipinski definition) is 5. The number of ether oxygens (including phenoxy) is 1. The Kier molecular flexibility index (Phi) is 9.06. The van der Waals surface area contributed by atoms with Crippen molar-refractivity contribution in [3.63, 3.8) is 0 Å². The van der Waals surface area contributed by atoms with Crippen molar-refractivity contribution in [2.24, 2.45) is 0 Å². The summed E-state index contributed by atoms with van der Waals surface area (Å²) in [6.07, 6.45) is 0.955. The van der Waals surface area contributed by atoms with E-state index in [1.165, 1.54) is 4.90 Å². The molecule has 2 amide bonds. The minimum atomic E-state index is -3.86. The first-order chi connectivity index (χ1) is 16.2. The van der Waals surface area contributed by atoms with Gasteiger partial charge in [-0.1, -0.05) is 60.7 Å². The van der Waals surface area contributed by atoms with Gasteiger partial charge in [0.15, 0.2) is 0 Å². The lowest BCUT2D eigenvalue weighted by molar-refractivity contribution is -0.123. The third kappa shape index (κ3) is 7.85. The molecule has 0 aromatic heterocycles. The van der Waals surface area contributed by atoms with Crippen molar-refractivity contribution in [1.82, 2.24) is 14.9 Å². The molecule has 1 heterocycles. The monoisotopic (exact) mass is 487 g/mol.